The number of halogens is 1. The molecule has 76 valence electrons. The van der Waals surface area contributed by atoms with Crippen LogP contribution in [0.2, 0.25) is 5.02 Å². The average Bonchev–Trinajstić information content (AvgIpc) is 2.23. The summed E-state index contributed by atoms with van der Waals surface area (Å²) in [5, 5.41) is 6.39. The molecule has 1 heterocycles. The summed E-state index contributed by atoms with van der Waals surface area (Å²) >= 11 is 5.71. The number of hydrogen-bond donors (Lipinski definition) is 2. The number of aromatic amines is 2. The van der Waals surface area contributed by atoms with E-state index in [0.29, 0.717) is 16.4 Å². The van der Waals surface area contributed by atoms with E-state index in [2.05, 4.69) is 15.2 Å². The van der Waals surface area contributed by atoms with E-state index in [1.165, 1.54) is 0 Å². The molecule has 0 radical (unpaired) electrons. The first-order chi connectivity index (χ1) is 7.16. The standard InChI is InChI=1S/C9H6ClN3O2/c10-6-3-1-5(2-4-6)7-11-8(14)9(15)13-12-7/h1-4H,(H,13,15)(H,11,12,14). The van der Waals surface area contributed by atoms with E-state index in [1.807, 2.05) is 0 Å². The molecule has 2 rings (SSSR count). The molecule has 0 bridgehead atoms. The van der Waals surface area contributed by atoms with Gasteiger partial charge in [0.15, 0.2) is 5.82 Å². The zero-order valence-electron chi connectivity index (χ0n) is 7.45. The monoisotopic (exact) mass is 223 g/mol. The van der Waals surface area contributed by atoms with Crippen LogP contribution in [-0.4, -0.2) is 15.2 Å². The van der Waals surface area contributed by atoms with Gasteiger partial charge in [0, 0.05) is 10.6 Å². The third kappa shape index (κ3) is 1.97. The van der Waals surface area contributed by atoms with Crippen LogP contribution in [-0.2, 0) is 0 Å². The highest BCUT2D eigenvalue weighted by Crippen LogP contribution is 2.15. The minimum Gasteiger partial charge on any atom is -0.300 e. The maximum absolute atomic E-state index is 11.0. The van der Waals surface area contributed by atoms with Gasteiger partial charge in [-0.15, -0.1) is 0 Å². The molecule has 0 amide bonds. The van der Waals surface area contributed by atoms with Crippen LogP contribution in [0, 0.1) is 0 Å². The predicted octanol–water partition coefficient (Wildman–Crippen LogP) is 0.779. The second kappa shape index (κ2) is 3.70. The van der Waals surface area contributed by atoms with Gasteiger partial charge < -0.3 is 4.98 Å². The molecule has 0 atom stereocenters. The summed E-state index contributed by atoms with van der Waals surface area (Å²) in [5.41, 5.74) is -0.824. The quantitative estimate of drug-likeness (QED) is 0.702. The second-order valence-electron chi connectivity index (χ2n) is 2.86. The number of nitrogens with zero attached hydrogens (tertiary/aromatic N) is 1. The molecule has 0 aliphatic carbocycles. The van der Waals surface area contributed by atoms with Gasteiger partial charge in [-0.2, -0.15) is 5.10 Å². The van der Waals surface area contributed by atoms with E-state index in [1.54, 1.807) is 24.3 Å². The fourth-order valence-corrected chi connectivity index (χ4v) is 1.22. The van der Waals surface area contributed by atoms with Crippen LogP contribution in [0.25, 0.3) is 11.4 Å². The van der Waals surface area contributed by atoms with Gasteiger partial charge in [-0.3, -0.25) is 9.59 Å². The molecule has 0 spiro atoms. The summed E-state index contributed by atoms with van der Waals surface area (Å²) in [6.45, 7) is 0. The molecule has 2 aromatic rings. The van der Waals surface area contributed by atoms with Gasteiger partial charge in [0.05, 0.1) is 0 Å². The van der Waals surface area contributed by atoms with Crippen molar-refractivity contribution in [2.75, 3.05) is 0 Å². The van der Waals surface area contributed by atoms with Crippen LogP contribution >= 0.6 is 11.6 Å². The third-order valence-corrected chi connectivity index (χ3v) is 2.08. The normalized spacial score (nSPS) is 10.2. The van der Waals surface area contributed by atoms with Crippen LogP contribution < -0.4 is 11.1 Å². The summed E-state index contributed by atoms with van der Waals surface area (Å²) in [5.74, 6) is 0.302. The van der Waals surface area contributed by atoms with E-state index in [0.717, 1.165) is 0 Å². The van der Waals surface area contributed by atoms with Gasteiger partial charge in [-0.05, 0) is 24.3 Å². The zero-order chi connectivity index (χ0) is 10.8. The van der Waals surface area contributed by atoms with Gasteiger partial charge >= 0.3 is 11.1 Å². The number of aromatic nitrogens is 3. The van der Waals surface area contributed by atoms with Crippen LogP contribution in [0.5, 0.6) is 0 Å². The molecule has 0 aliphatic rings. The number of H-pyrrole nitrogens is 2. The number of nitrogens with one attached hydrogen (secondary N) is 2. The van der Waals surface area contributed by atoms with Crippen molar-refractivity contribution in [1.82, 2.24) is 15.2 Å². The SMILES string of the molecule is O=c1[nH]nc(-c2ccc(Cl)cc2)[nH]c1=O. The Morgan fingerprint density at radius 1 is 1.07 bits per heavy atom. The molecule has 0 saturated carbocycles. The third-order valence-electron chi connectivity index (χ3n) is 1.83. The molecule has 0 fully saturated rings. The van der Waals surface area contributed by atoms with Crippen LogP contribution in [0.15, 0.2) is 33.9 Å². The Morgan fingerprint density at radius 3 is 2.33 bits per heavy atom. The molecular formula is C9H6ClN3O2. The molecule has 5 nitrogen and oxygen atoms in total. The molecule has 15 heavy (non-hydrogen) atoms. The summed E-state index contributed by atoms with van der Waals surface area (Å²) in [4.78, 5) is 24.1. The van der Waals surface area contributed by atoms with Crippen molar-refractivity contribution in [3.05, 3.63) is 50.0 Å². The molecule has 0 aliphatic heterocycles. The lowest BCUT2D eigenvalue weighted by molar-refractivity contribution is 0.913. The highest BCUT2D eigenvalue weighted by atomic mass is 35.5. The zero-order valence-corrected chi connectivity index (χ0v) is 8.21. The second-order valence-corrected chi connectivity index (χ2v) is 3.30. The van der Waals surface area contributed by atoms with E-state index < -0.39 is 11.1 Å². The van der Waals surface area contributed by atoms with Gasteiger partial charge in [0.1, 0.15) is 0 Å². The Morgan fingerprint density at radius 2 is 1.73 bits per heavy atom. The highest BCUT2D eigenvalue weighted by molar-refractivity contribution is 6.30. The van der Waals surface area contributed by atoms with Crippen molar-refractivity contribution in [1.29, 1.82) is 0 Å². The largest absolute Gasteiger partial charge is 0.329 e. The van der Waals surface area contributed by atoms with Crippen LogP contribution in [0.1, 0.15) is 0 Å². The maximum Gasteiger partial charge on any atom is 0.329 e. The van der Waals surface area contributed by atoms with Gasteiger partial charge in [-0.25, -0.2) is 5.10 Å². The van der Waals surface area contributed by atoms with Crippen LogP contribution in [0.4, 0.5) is 0 Å². The summed E-state index contributed by atoms with van der Waals surface area (Å²) in [6.07, 6.45) is 0. The van der Waals surface area contributed by atoms with Crippen molar-refractivity contribution >= 4 is 11.6 Å². The summed E-state index contributed by atoms with van der Waals surface area (Å²) in [6, 6.07) is 6.72. The van der Waals surface area contributed by atoms with Crippen molar-refractivity contribution in [2.24, 2.45) is 0 Å². The number of rotatable bonds is 1. The van der Waals surface area contributed by atoms with Crippen LogP contribution in [0.3, 0.4) is 0 Å². The minimum atomic E-state index is -0.771. The molecular weight excluding hydrogens is 218 g/mol. The molecule has 0 unspecified atom stereocenters. The van der Waals surface area contributed by atoms with Crippen molar-refractivity contribution in [3.8, 4) is 11.4 Å². The van der Waals surface area contributed by atoms with Gasteiger partial charge in [0.2, 0.25) is 0 Å². The van der Waals surface area contributed by atoms with E-state index in [-0.39, 0.29) is 0 Å². The summed E-state index contributed by atoms with van der Waals surface area (Å²) in [7, 11) is 0. The Bertz CT molecular complexity index is 585. The Hall–Kier alpha value is -1.88. The smallest absolute Gasteiger partial charge is 0.300 e. The van der Waals surface area contributed by atoms with Crippen molar-refractivity contribution in [2.45, 2.75) is 0 Å². The number of hydrogen-bond acceptors (Lipinski definition) is 3. The fraction of sp³-hybridized carbons (Fsp3) is 0. The topological polar surface area (TPSA) is 78.6 Å². The average molecular weight is 224 g/mol. The van der Waals surface area contributed by atoms with Gasteiger partial charge in [0.25, 0.3) is 0 Å². The lowest BCUT2D eigenvalue weighted by Gasteiger charge is -1.98. The lowest BCUT2D eigenvalue weighted by Crippen LogP contribution is -2.30. The van der Waals surface area contributed by atoms with Crippen molar-refractivity contribution in [3.63, 3.8) is 0 Å². The first-order valence-electron chi connectivity index (χ1n) is 4.12. The molecule has 1 aromatic heterocycles. The Kier molecular flexibility index (Phi) is 2.39. The predicted molar refractivity (Wildman–Crippen MR) is 55.9 cm³/mol. The first kappa shape index (κ1) is 9.67. The fourth-order valence-electron chi connectivity index (χ4n) is 1.09. The minimum absolute atomic E-state index is 0.302. The number of benzene rings is 1. The Balaban J connectivity index is 2.55. The first-order valence-corrected chi connectivity index (χ1v) is 4.49. The van der Waals surface area contributed by atoms with Gasteiger partial charge in [-0.1, -0.05) is 11.6 Å². The molecule has 0 saturated heterocycles. The lowest BCUT2D eigenvalue weighted by atomic mass is 10.2. The van der Waals surface area contributed by atoms with Crippen molar-refractivity contribution < 1.29 is 0 Å². The maximum atomic E-state index is 11.0. The van der Waals surface area contributed by atoms with E-state index in [9.17, 15) is 9.59 Å². The summed E-state index contributed by atoms with van der Waals surface area (Å²) < 4.78 is 0. The molecule has 2 N–H and O–H groups in total. The molecule has 6 heteroatoms. The highest BCUT2D eigenvalue weighted by Gasteiger charge is 2.01. The van der Waals surface area contributed by atoms with E-state index in [4.69, 9.17) is 11.6 Å². The molecule has 1 aromatic carbocycles. The van der Waals surface area contributed by atoms with E-state index >= 15 is 0 Å². The Labute approximate surface area is 88.7 Å².